The van der Waals surface area contributed by atoms with E-state index in [0.717, 1.165) is 23.2 Å². The van der Waals surface area contributed by atoms with Crippen LogP contribution in [-0.2, 0) is 14.4 Å². The molecule has 0 aliphatic carbocycles. The first-order valence-corrected chi connectivity index (χ1v) is 10.0. The van der Waals surface area contributed by atoms with Gasteiger partial charge in [0.15, 0.2) is 6.61 Å². The van der Waals surface area contributed by atoms with Gasteiger partial charge in [-0.25, -0.2) is 5.43 Å². The summed E-state index contributed by atoms with van der Waals surface area (Å²) in [6.45, 7) is 7.59. The minimum absolute atomic E-state index is 0.0853. The summed E-state index contributed by atoms with van der Waals surface area (Å²) in [6, 6.07) is 12.4. The van der Waals surface area contributed by atoms with Crippen LogP contribution in [0.1, 0.15) is 37.0 Å². The average Bonchev–Trinajstić information content (AvgIpc) is 2.75. The van der Waals surface area contributed by atoms with Crippen molar-refractivity contribution in [2.45, 2.75) is 40.2 Å². The predicted molar refractivity (Wildman–Crippen MR) is 120 cm³/mol. The average molecular weight is 425 g/mol. The lowest BCUT2D eigenvalue weighted by Crippen LogP contribution is -2.41. The molecule has 8 heteroatoms. The Morgan fingerprint density at radius 1 is 1.03 bits per heavy atom. The second kappa shape index (κ2) is 11.5. The number of ether oxygens (including phenoxy) is 1. The van der Waals surface area contributed by atoms with Crippen LogP contribution in [0, 0.1) is 13.8 Å². The summed E-state index contributed by atoms with van der Waals surface area (Å²) in [6.07, 6.45) is 2.13. The second-order valence-electron chi connectivity index (χ2n) is 7.19. The molecular weight excluding hydrogens is 396 g/mol. The van der Waals surface area contributed by atoms with E-state index in [4.69, 9.17) is 4.74 Å². The van der Waals surface area contributed by atoms with Gasteiger partial charge in [-0.1, -0.05) is 13.0 Å². The summed E-state index contributed by atoms with van der Waals surface area (Å²) in [7, 11) is 0. The van der Waals surface area contributed by atoms with E-state index in [1.807, 2.05) is 45.9 Å². The molecule has 2 aromatic carbocycles. The molecule has 0 unspecified atom stereocenters. The lowest BCUT2D eigenvalue weighted by atomic mass is 10.1. The molecule has 0 saturated heterocycles. The van der Waals surface area contributed by atoms with Crippen molar-refractivity contribution in [3.63, 3.8) is 0 Å². The Bertz CT molecular complexity index is 955. The fraction of sp³-hybridized carbons (Fsp3) is 0.304. The Kier molecular flexibility index (Phi) is 8.75. The first kappa shape index (κ1) is 23.6. The molecule has 31 heavy (non-hydrogen) atoms. The Morgan fingerprint density at radius 3 is 2.39 bits per heavy atom. The number of nitrogens with one attached hydrogen (secondary N) is 3. The molecule has 0 aromatic heterocycles. The third-order valence-electron chi connectivity index (χ3n) is 4.62. The SMILES string of the molecule is CC[C@@H](C)NC(=O)C(=O)N/N=C\c1ccc(OCC(=O)Nc2ccc(C)c(C)c2)cc1. The molecule has 8 nitrogen and oxygen atoms in total. The summed E-state index contributed by atoms with van der Waals surface area (Å²) < 4.78 is 5.49. The van der Waals surface area contributed by atoms with E-state index in [2.05, 4.69) is 21.2 Å². The van der Waals surface area contributed by atoms with E-state index in [1.54, 1.807) is 24.3 Å². The summed E-state index contributed by atoms with van der Waals surface area (Å²) >= 11 is 0. The van der Waals surface area contributed by atoms with Gasteiger partial charge in [0.05, 0.1) is 6.21 Å². The maximum atomic E-state index is 12.1. The Hall–Kier alpha value is -3.68. The van der Waals surface area contributed by atoms with Gasteiger partial charge in [-0.05, 0) is 80.3 Å². The highest BCUT2D eigenvalue weighted by atomic mass is 16.5. The Balaban J connectivity index is 1.78. The van der Waals surface area contributed by atoms with Crippen LogP contribution in [0.3, 0.4) is 0 Å². The molecule has 0 radical (unpaired) electrons. The number of amides is 3. The molecule has 0 saturated carbocycles. The number of hydrazone groups is 1. The number of carbonyl (C=O) groups excluding carboxylic acids is 3. The first-order valence-electron chi connectivity index (χ1n) is 10.0. The van der Waals surface area contributed by atoms with Crippen molar-refractivity contribution < 1.29 is 19.1 Å². The molecule has 0 aliphatic rings. The molecule has 164 valence electrons. The lowest BCUT2D eigenvalue weighted by molar-refractivity contribution is -0.139. The molecule has 1 atom stereocenters. The minimum Gasteiger partial charge on any atom is -0.484 e. The minimum atomic E-state index is -0.828. The predicted octanol–water partition coefficient (Wildman–Crippen LogP) is 2.69. The molecule has 0 heterocycles. The van der Waals surface area contributed by atoms with Crippen molar-refractivity contribution in [2.75, 3.05) is 11.9 Å². The lowest BCUT2D eigenvalue weighted by Gasteiger charge is -2.09. The molecule has 2 rings (SSSR count). The number of nitrogens with zero attached hydrogens (tertiary/aromatic N) is 1. The van der Waals surface area contributed by atoms with E-state index in [0.29, 0.717) is 11.3 Å². The number of anilines is 1. The zero-order valence-corrected chi connectivity index (χ0v) is 18.2. The van der Waals surface area contributed by atoms with Crippen LogP contribution in [-0.4, -0.2) is 36.6 Å². The zero-order chi connectivity index (χ0) is 22.8. The highest BCUT2D eigenvalue weighted by molar-refractivity contribution is 6.35. The van der Waals surface area contributed by atoms with Crippen LogP contribution >= 0.6 is 0 Å². The van der Waals surface area contributed by atoms with E-state index >= 15 is 0 Å². The number of hydrogen-bond acceptors (Lipinski definition) is 5. The van der Waals surface area contributed by atoms with Crippen molar-refractivity contribution in [3.05, 3.63) is 59.2 Å². The number of aryl methyl sites for hydroxylation is 2. The monoisotopic (exact) mass is 424 g/mol. The highest BCUT2D eigenvalue weighted by Crippen LogP contribution is 2.15. The number of benzene rings is 2. The van der Waals surface area contributed by atoms with Gasteiger partial charge in [-0.2, -0.15) is 5.10 Å². The molecule has 2 aromatic rings. The van der Waals surface area contributed by atoms with Crippen molar-refractivity contribution in [1.82, 2.24) is 10.7 Å². The van der Waals surface area contributed by atoms with Gasteiger partial charge < -0.3 is 15.4 Å². The maximum Gasteiger partial charge on any atom is 0.329 e. The maximum absolute atomic E-state index is 12.1. The standard InChI is InChI=1S/C23H28N4O4/c1-5-17(4)25-22(29)23(30)27-24-13-18-7-10-20(11-8-18)31-14-21(28)26-19-9-6-15(2)16(3)12-19/h6-13,17H,5,14H2,1-4H3,(H,25,29)(H,26,28)(H,27,30)/b24-13-/t17-/m1/s1. The third-order valence-corrected chi connectivity index (χ3v) is 4.62. The second-order valence-corrected chi connectivity index (χ2v) is 7.19. The van der Waals surface area contributed by atoms with Crippen LogP contribution in [0.5, 0.6) is 5.75 Å². The molecule has 0 bridgehead atoms. The Morgan fingerprint density at radius 2 is 1.74 bits per heavy atom. The fourth-order valence-corrected chi connectivity index (χ4v) is 2.42. The third kappa shape index (κ3) is 7.93. The van der Waals surface area contributed by atoms with Crippen molar-refractivity contribution >= 4 is 29.6 Å². The van der Waals surface area contributed by atoms with Gasteiger partial charge in [0.1, 0.15) is 5.75 Å². The molecule has 3 amide bonds. The summed E-state index contributed by atoms with van der Waals surface area (Å²) in [5.41, 5.74) is 5.85. The van der Waals surface area contributed by atoms with E-state index in [1.165, 1.54) is 6.21 Å². The van der Waals surface area contributed by atoms with E-state index in [9.17, 15) is 14.4 Å². The van der Waals surface area contributed by atoms with Crippen molar-refractivity contribution in [3.8, 4) is 5.75 Å². The number of hydrogen-bond donors (Lipinski definition) is 3. The van der Waals surface area contributed by atoms with Gasteiger partial charge in [-0.3, -0.25) is 14.4 Å². The number of carbonyl (C=O) groups is 3. The Labute approximate surface area is 182 Å². The van der Waals surface area contributed by atoms with Gasteiger partial charge in [0.25, 0.3) is 5.91 Å². The normalized spacial score (nSPS) is 11.6. The highest BCUT2D eigenvalue weighted by Gasteiger charge is 2.14. The van der Waals surface area contributed by atoms with E-state index in [-0.39, 0.29) is 18.6 Å². The van der Waals surface area contributed by atoms with E-state index < -0.39 is 11.8 Å². The van der Waals surface area contributed by atoms with Crippen LogP contribution in [0.25, 0.3) is 0 Å². The smallest absolute Gasteiger partial charge is 0.329 e. The van der Waals surface area contributed by atoms with Crippen LogP contribution in [0.15, 0.2) is 47.6 Å². The van der Waals surface area contributed by atoms with Crippen LogP contribution in [0.2, 0.25) is 0 Å². The number of rotatable bonds is 8. The molecular formula is C23H28N4O4. The topological polar surface area (TPSA) is 109 Å². The van der Waals surface area contributed by atoms with Gasteiger partial charge >= 0.3 is 11.8 Å². The summed E-state index contributed by atoms with van der Waals surface area (Å²) in [5.74, 6) is -1.29. The zero-order valence-electron chi connectivity index (χ0n) is 18.2. The molecule has 3 N–H and O–H groups in total. The fourth-order valence-electron chi connectivity index (χ4n) is 2.42. The quantitative estimate of drug-likeness (QED) is 0.344. The first-order chi connectivity index (χ1) is 14.8. The van der Waals surface area contributed by atoms with Crippen molar-refractivity contribution in [2.24, 2.45) is 5.10 Å². The van der Waals surface area contributed by atoms with Gasteiger partial charge in [-0.15, -0.1) is 0 Å². The van der Waals surface area contributed by atoms with Crippen molar-refractivity contribution in [1.29, 1.82) is 0 Å². The summed E-state index contributed by atoms with van der Waals surface area (Å²) in [5, 5.41) is 9.12. The summed E-state index contributed by atoms with van der Waals surface area (Å²) in [4.78, 5) is 35.4. The van der Waals surface area contributed by atoms with Gasteiger partial charge in [0, 0.05) is 11.7 Å². The molecule has 0 spiro atoms. The van der Waals surface area contributed by atoms with Crippen LogP contribution < -0.4 is 20.8 Å². The van der Waals surface area contributed by atoms with Crippen LogP contribution in [0.4, 0.5) is 5.69 Å². The molecule has 0 fully saturated rings. The molecule has 0 aliphatic heterocycles. The van der Waals surface area contributed by atoms with Gasteiger partial charge in [0.2, 0.25) is 0 Å². The largest absolute Gasteiger partial charge is 0.484 e.